The molecule has 0 saturated heterocycles. The summed E-state index contributed by atoms with van der Waals surface area (Å²) in [7, 11) is 0. The highest BCUT2D eigenvalue weighted by Crippen LogP contribution is 2.22. The van der Waals surface area contributed by atoms with E-state index in [1.165, 1.54) is 19.4 Å². The zero-order valence-corrected chi connectivity index (χ0v) is 15.4. The van der Waals surface area contributed by atoms with Crippen LogP contribution in [0.25, 0.3) is 6.08 Å². The molecule has 4 nitrogen and oxygen atoms in total. The lowest BCUT2D eigenvalue weighted by atomic mass is 9.98. The Kier molecular flexibility index (Phi) is 7.15. The maximum absolute atomic E-state index is 11.5. The van der Waals surface area contributed by atoms with Crippen LogP contribution < -0.4 is 0 Å². The molecule has 0 heterocycles. The number of hydrogen-bond acceptors (Lipinski definition) is 4. The summed E-state index contributed by atoms with van der Waals surface area (Å²) in [4.78, 5) is 23.1. The maximum Gasteiger partial charge on any atom is 0.305 e. The van der Waals surface area contributed by atoms with Crippen molar-refractivity contribution in [3.63, 3.8) is 0 Å². The SMILES string of the molecule is CCc1ccccc1/C=C(\Cc1ccccc1)C(OC(C)=O)OC(C)=O. The average molecular weight is 352 g/mol. The molecule has 0 bridgehead atoms. The van der Waals surface area contributed by atoms with Crippen LogP contribution in [0.15, 0.2) is 60.2 Å². The highest BCUT2D eigenvalue weighted by Gasteiger charge is 2.21. The second-order valence-corrected chi connectivity index (χ2v) is 5.98. The molecule has 0 N–H and O–H groups in total. The molecular formula is C22H24O4. The minimum Gasteiger partial charge on any atom is -0.421 e. The van der Waals surface area contributed by atoms with Crippen LogP contribution in [0.3, 0.4) is 0 Å². The summed E-state index contributed by atoms with van der Waals surface area (Å²) < 4.78 is 10.6. The second-order valence-electron chi connectivity index (χ2n) is 5.98. The van der Waals surface area contributed by atoms with Crippen molar-refractivity contribution in [1.82, 2.24) is 0 Å². The normalized spacial score (nSPS) is 11.3. The third-order valence-corrected chi connectivity index (χ3v) is 3.88. The Morgan fingerprint density at radius 2 is 1.50 bits per heavy atom. The van der Waals surface area contributed by atoms with E-state index < -0.39 is 18.2 Å². The summed E-state index contributed by atoms with van der Waals surface area (Å²) in [6.45, 7) is 4.69. The zero-order chi connectivity index (χ0) is 18.9. The van der Waals surface area contributed by atoms with Gasteiger partial charge in [-0.3, -0.25) is 9.59 Å². The molecule has 0 unspecified atom stereocenters. The van der Waals surface area contributed by atoms with Crippen LogP contribution in [0.2, 0.25) is 0 Å². The summed E-state index contributed by atoms with van der Waals surface area (Å²) in [5, 5.41) is 0. The molecule has 0 aromatic heterocycles. The number of carbonyl (C=O) groups excluding carboxylic acids is 2. The van der Waals surface area contributed by atoms with Crippen molar-refractivity contribution in [3.05, 3.63) is 76.9 Å². The van der Waals surface area contributed by atoms with Gasteiger partial charge in [-0.25, -0.2) is 0 Å². The fourth-order valence-corrected chi connectivity index (χ4v) is 2.71. The van der Waals surface area contributed by atoms with E-state index in [1.54, 1.807) is 0 Å². The van der Waals surface area contributed by atoms with E-state index in [0.717, 1.165) is 17.5 Å². The Morgan fingerprint density at radius 3 is 2.08 bits per heavy atom. The molecule has 2 rings (SSSR count). The van der Waals surface area contributed by atoms with E-state index in [2.05, 4.69) is 13.0 Å². The average Bonchev–Trinajstić information content (AvgIpc) is 2.61. The van der Waals surface area contributed by atoms with Gasteiger partial charge in [0.05, 0.1) is 0 Å². The number of rotatable bonds is 7. The monoisotopic (exact) mass is 352 g/mol. The molecule has 2 aromatic rings. The first-order valence-electron chi connectivity index (χ1n) is 8.66. The number of aryl methyl sites for hydroxylation is 1. The van der Waals surface area contributed by atoms with Gasteiger partial charge < -0.3 is 9.47 Å². The van der Waals surface area contributed by atoms with Crippen LogP contribution in [0, 0.1) is 0 Å². The van der Waals surface area contributed by atoms with Gasteiger partial charge in [0.25, 0.3) is 6.29 Å². The van der Waals surface area contributed by atoms with Crippen molar-refractivity contribution in [2.24, 2.45) is 0 Å². The van der Waals surface area contributed by atoms with E-state index in [4.69, 9.17) is 9.47 Å². The Balaban J connectivity index is 2.46. The summed E-state index contributed by atoms with van der Waals surface area (Å²) in [5.74, 6) is -1.00. The number of hydrogen-bond donors (Lipinski definition) is 0. The molecule has 0 aliphatic carbocycles. The number of benzene rings is 2. The van der Waals surface area contributed by atoms with E-state index >= 15 is 0 Å². The number of carbonyl (C=O) groups is 2. The first-order valence-corrected chi connectivity index (χ1v) is 8.66. The smallest absolute Gasteiger partial charge is 0.305 e. The molecule has 0 amide bonds. The third kappa shape index (κ3) is 5.88. The Hall–Kier alpha value is -2.88. The number of esters is 2. The van der Waals surface area contributed by atoms with E-state index in [1.807, 2.05) is 54.6 Å². The zero-order valence-electron chi connectivity index (χ0n) is 15.4. The van der Waals surface area contributed by atoms with Crippen LogP contribution in [0.1, 0.15) is 37.5 Å². The van der Waals surface area contributed by atoms with Gasteiger partial charge in [-0.15, -0.1) is 0 Å². The van der Waals surface area contributed by atoms with Gasteiger partial charge in [-0.2, -0.15) is 0 Å². The Bertz CT molecular complexity index is 762. The quantitative estimate of drug-likeness (QED) is 0.550. The van der Waals surface area contributed by atoms with Gasteiger partial charge in [0.1, 0.15) is 0 Å². The first kappa shape index (κ1) is 19.4. The predicted molar refractivity (Wildman–Crippen MR) is 101 cm³/mol. The molecule has 26 heavy (non-hydrogen) atoms. The van der Waals surface area contributed by atoms with Gasteiger partial charge in [-0.1, -0.05) is 61.5 Å². The largest absolute Gasteiger partial charge is 0.421 e. The fraction of sp³-hybridized carbons (Fsp3) is 0.273. The molecule has 0 saturated carbocycles. The summed E-state index contributed by atoms with van der Waals surface area (Å²) in [6.07, 6.45) is 2.28. The van der Waals surface area contributed by atoms with Crippen molar-refractivity contribution in [1.29, 1.82) is 0 Å². The van der Waals surface area contributed by atoms with Crippen molar-refractivity contribution in [3.8, 4) is 0 Å². The lowest BCUT2D eigenvalue weighted by molar-refractivity contribution is -0.178. The fourth-order valence-electron chi connectivity index (χ4n) is 2.71. The lowest BCUT2D eigenvalue weighted by Gasteiger charge is -2.20. The minimum atomic E-state index is -1.05. The molecule has 4 heteroatoms. The summed E-state index contributed by atoms with van der Waals surface area (Å²) >= 11 is 0. The van der Waals surface area contributed by atoms with Gasteiger partial charge in [0.2, 0.25) is 0 Å². The summed E-state index contributed by atoms with van der Waals surface area (Å²) in [5.41, 5.74) is 3.94. The highest BCUT2D eigenvalue weighted by molar-refractivity contribution is 5.70. The van der Waals surface area contributed by atoms with E-state index in [-0.39, 0.29) is 0 Å². The van der Waals surface area contributed by atoms with Crippen LogP contribution in [-0.4, -0.2) is 18.2 Å². The standard InChI is InChI=1S/C22H24O4/c1-4-19-12-8-9-13-20(19)15-21(14-18-10-6-5-7-11-18)22(25-16(2)23)26-17(3)24/h5-13,15,22H,4,14H2,1-3H3/b21-15+. The van der Waals surface area contributed by atoms with Gasteiger partial charge in [0.15, 0.2) is 0 Å². The third-order valence-electron chi connectivity index (χ3n) is 3.88. The second kappa shape index (κ2) is 9.56. The van der Waals surface area contributed by atoms with Crippen LogP contribution in [0.4, 0.5) is 0 Å². The molecule has 0 spiro atoms. The molecule has 0 fully saturated rings. The van der Waals surface area contributed by atoms with Crippen molar-refractivity contribution >= 4 is 18.0 Å². The van der Waals surface area contributed by atoms with E-state index in [0.29, 0.717) is 12.0 Å². The van der Waals surface area contributed by atoms with Crippen molar-refractivity contribution < 1.29 is 19.1 Å². The maximum atomic E-state index is 11.5. The lowest BCUT2D eigenvalue weighted by Crippen LogP contribution is -2.25. The summed E-state index contributed by atoms with van der Waals surface area (Å²) in [6, 6.07) is 17.8. The number of ether oxygens (including phenoxy) is 2. The Labute approximate surface area is 154 Å². The molecular weight excluding hydrogens is 328 g/mol. The Morgan fingerprint density at radius 1 is 0.923 bits per heavy atom. The van der Waals surface area contributed by atoms with Crippen LogP contribution in [0.5, 0.6) is 0 Å². The van der Waals surface area contributed by atoms with Crippen molar-refractivity contribution in [2.45, 2.75) is 39.9 Å². The minimum absolute atomic E-state index is 0.501. The van der Waals surface area contributed by atoms with Crippen molar-refractivity contribution in [2.75, 3.05) is 0 Å². The first-order chi connectivity index (χ1) is 12.5. The topological polar surface area (TPSA) is 52.6 Å². The molecule has 0 aliphatic rings. The van der Waals surface area contributed by atoms with Gasteiger partial charge in [-0.05, 0) is 29.2 Å². The molecule has 0 aliphatic heterocycles. The van der Waals surface area contributed by atoms with Gasteiger partial charge in [0, 0.05) is 25.8 Å². The van der Waals surface area contributed by atoms with Crippen LogP contribution >= 0.6 is 0 Å². The molecule has 0 atom stereocenters. The molecule has 0 radical (unpaired) electrons. The molecule has 2 aromatic carbocycles. The van der Waals surface area contributed by atoms with E-state index in [9.17, 15) is 9.59 Å². The highest BCUT2D eigenvalue weighted by atomic mass is 16.7. The predicted octanol–water partition coefficient (Wildman–Crippen LogP) is 4.33. The van der Waals surface area contributed by atoms with Gasteiger partial charge >= 0.3 is 11.9 Å². The molecule has 136 valence electrons. The van der Waals surface area contributed by atoms with Crippen LogP contribution in [-0.2, 0) is 31.9 Å².